The quantitative estimate of drug-likeness (QED) is 0.934. The zero-order chi connectivity index (χ0) is 12.6. The molecule has 3 aliphatic rings. The Morgan fingerprint density at radius 3 is 2.89 bits per heavy atom. The normalized spacial score (nSPS) is 40.8. The highest BCUT2D eigenvalue weighted by molar-refractivity contribution is 7.15. The van der Waals surface area contributed by atoms with Crippen molar-refractivity contribution in [3.05, 3.63) is 23.5 Å². The second-order valence-corrected chi connectivity index (χ2v) is 7.53. The molecule has 0 spiro atoms. The van der Waals surface area contributed by atoms with E-state index in [2.05, 4.69) is 15.6 Å². The third kappa shape index (κ3) is 1.44. The first kappa shape index (κ1) is 10.9. The number of aliphatic hydroxyl groups excluding tert-OH is 1. The Morgan fingerprint density at radius 1 is 1.37 bits per heavy atom. The molecule has 0 amide bonds. The third-order valence-electron chi connectivity index (χ3n) is 5.80. The van der Waals surface area contributed by atoms with Gasteiger partial charge in [-0.15, -0.1) is 11.3 Å². The second-order valence-electron chi connectivity index (χ2n) is 6.66. The highest BCUT2D eigenvalue weighted by Crippen LogP contribution is 2.70. The molecule has 100 valence electrons. The first-order chi connectivity index (χ1) is 9.31. The van der Waals surface area contributed by atoms with Crippen LogP contribution < -0.4 is 0 Å². The van der Waals surface area contributed by atoms with E-state index in [0.29, 0.717) is 5.92 Å². The minimum Gasteiger partial charge on any atom is -0.392 e. The largest absolute Gasteiger partial charge is 0.392 e. The monoisotopic (exact) mass is 274 g/mol. The van der Waals surface area contributed by atoms with Crippen LogP contribution in [-0.4, -0.2) is 20.6 Å². The number of aromatic nitrogens is 2. The van der Waals surface area contributed by atoms with Crippen LogP contribution in [0.5, 0.6) is 0 Å². The van der Waals surface area contributed by atoms with Crippen molar-refractivity contribution in [1.82, 2.24) is 9.38 Å². The summed E-state index contributed by atoms with van der Waals surface area (Å²) in [6.07, 6.45) is 8.99. The Balaban J connectivity index is 1.33. The second kappa shape index (κ2) is 3.61. The van der Waals surface area contributed by atoms with Gasteiger partial charge in [-0.2, -0.15) is 0 Å². The smallest absolute Gasteiger partial charge is 0.193 e. The summed E-state index contributed by atoms with van der Waals surface area (Å²) < 4.78 is 2.06. The van der Waals surface area contributed by atoms with Gasteiger partial charge in [-0.25, -0.2) is 4.98 Å². The lowest BCUT2D eigenvalue weighted by molar-refractivity contribution is 0.128. The van der Waals surface area contributed by atoms with Gasteiger partial charge >= 0.3 is 0 Å². The average Bonchev–Trinajstić information content (AvgIpc) is 2.84. The van der Waals surface area contributed by atoms with Gasteiger partial charge in [0.2, 0.25) is 0 Å². The van der Waals surface area contributed by atoms with Crippen molar-refractivity contribution in [1.29, 1.82) is 0 Å². The molecule has 1 N–H and O–H groups in total. The molecule has 0 saturated heterocycles. The van der Waals surface area contributed by atoms with Crippen molar-refractivity contribution in [3.63, 3.8) is 0 Å². The summed E-state index contributed by atoms with van der Waals surface area (Å²) in [4.78, 5) is 5.63. The molecule has 4 heteroatoms. The number of aliphatic hydroxyl groups is 1. The molecule has 5 unspecified atom stereocenters. The van der Waals surface area contributed by atoms with E-state index in [-0.39, 0.29) is 6.10 Å². The number of thiazole rings is 1. The minimum absolute atomic E-state index is 0.164. The minimum atomic E-state index is -0.164. The van der Waals surface area contributed by atoms with E-state index in [9.17, 15) is 5.11 Å². The lowest BCUT2D eigenvalue weighted by Gasteiger charge is -2.13. The van der Waals surface area contributed by atoms with E-state index in [0.717, 1.165) is 40.7 Å². The number of hydrogen-bond acceptors (Lipinski definition) is 3. The maximum absolute atomic E-state index is 10.5. The van der Waals surface area contributed by atoms with Crippen LogP contribution in [0.15, 0.2) is 17.8 Å². The molecule has 0 aliphatic heterocycles. The standard InChI is InChI=1S/C15H18N2OS/c18-11(6-10-7-17-3-4-19-15(17)16-10)14-12-8-1-2-9(5-8)13(12)14/h3-4,7-9,11-14,18H,1-2,5-6H2. The van der Waals surface area contributed by atoms with Crippen LogP contribution in [0.25, 0.3) is 4.96 Å². The fourth-order valence-corrected chi connectivity index (χ4v) is 5.85. The third-order valence-corrected chi connectivity index (χ3v) is 6.57. The first-order valence-electron chi connectivity index (χ1n) is 7.40. The Morgan fingerprint density at radius 2 is 2.16 bits per heavy atom. The molecule has 2 bridgehead atoms. The van der Waals surface area contributed by atoms with Gasteiger partial charge in [0.1, 0.15) is 0 Å². The topological polar surface area (TPSA) is 37.5 Å². The number of fused-ring (bicyclic) bond motifs is 6. The summed E-state index contributed by atoms with van der Waals surface area (Å²) in [5.41, 5.74) is 1.05. The van der Waals surface area contributed by atoms with Gasteiger partial charge in [-0.3, -0.25) is 4.40 Å². The van der Waals surface area contributed by atoms with Crippen molar-refractivity contribution in [2.24, 2.45) is 29.6 Å². The summed E-state index contributed by atoms with van der Waals surface area (Å²) in [5, 5.41) is 12.6. The Hall–Kier alpha value is -0.870. The SMILES string of the molecule is OC(Cc1cn2ccsc2n1)C1C2C3CCC(C3)C12. The number of nitrogens with zero attached hydrogens (tertiary/aromatic N) is 2. The highest BCUT2D eigenvalue weighted by Gasteiger charge is 2.66. The van der Waals surface area contributed by atoms with Crippen molar-refractivity contribution >= 4 is 16.3 Å². The molecule has 3 saturated carbocycles. The Kier molecular flexibility index (Phi) is 2.06. The van der Waals surface area contributed by atoms with Gasteiger partial charge in [0, 0.05) is 24.2 Å². The first-order valence-corrected chi connectivity index (χ1v) is 8.28. The average molecular weight is 274 g/mol. The molecule has 3 aliphatic carbocycles. The fraction of sp³-hybridized carbons (Fsp3) is 0.667. The molecule has 5 rings (SSSR count). The molecular formula is C15H18N2OS. The van der Waals surface area contributed by atoms with E-state index in [1.54, 1.807) is 11.3 Å². The van der Waals surface area contributed by atoms with Crippen molar-refractivity contribution < 1.29 is 5.11 Å². The molecule has 2 aromatic heterocycles. The van der Waals surface area contributed by atoms with Crippen LogP contribution in [0.2, 0.25) is 0 Å². The van der Waals surface area contributed by atoms with Crippen LogP contribution in [0.1, 0.15) is 25.0 Å². The van der Waals surface area contributed by atoms with Crippen LogP contribution in [0.3, 0.4) is 0 Å². The van der Waals surface area contributed by atoms with Gasteiger partial charge in [0.05, 0.1) is 11.8 Å². The van der Waals surface area contributed by atoms with Gasteiger partial charge < -0.3 is 5.11 Å². The predicted octanol–water partition coefficient (Wildman–Crippen LogP) is 2.59. The highest BCUT2D eigenvalue weighted by atomic mass is 32.1. The van der Waals surface area contributed by atoms with Gasteiger partial charge in [-0.05, 0) is 48.9 Å². The zero-order valence-corrected chi connectivity index (χ0v) is 11.6. The summed E-state index contributed by atoms with van der Waals surface area (Å²) in [6, 6.07) is 0. The molecule has 3 fully saturated rings. The molecule has 5 atom stereocenters. The summed E-state index contributed by atoms with van der Waals surface area (Å²) in [7, 11) is 0. The molecule has 2 heterocycles. The molecule has 2 aromatic rings. The summed E-state index contributed by atoms with van der Waals surface area (Å²) >= 11 is 1.66. The maximum atomic E-state index is 10.5. The molecule has 19 heavy (non-hydrogen) atoms. The Labute approximate surface area is 116 Å². The van der Waals surface area contributed by atoms with Crippen molar-refractivity contribution in [3.8, 4) is 0 Å². The zero-order valence-electron chi connectivity index (χ0n) is 10.8. The number of rotatable bonds is 3. The van der Waals surface area contributed by atoms with Gasteiger partial charge in [0.25, 0.3) is 0 Å². The van der Waals surface area contributed by atoms with Crippen LogP contribution in [-0.2, 0) is 6.42 Å². The molecule has 0 aromatic carbocycles. The number of imidazole rings is 1. The van der Waals surface area contributed by atoms with E-state index < -0.39 is 0 Å². The maximum Gasteiger partial charge on any atom is 0.193 e. The van der Waals surface area contributed by atoms with Gasteiger partial charge in [0.15, 0.2) is 4.96 Å². The van der Waals surface area contributed by atoms with Crippen LogP contribution in [0, 0.1) is 29.6 Å². The fourth-order valence-electron chi connectivity index (χ4n) is 5.13. The van der Waals surface area contributed by atoms with Gasteiger partial charge in [-0.1, -0.05) is 0 Å². The molecule has 0 radical (unpaired) electrons. The summed E-state index contributed by atoms with van der Waals surface area (Å²) in [6.45, 7) is 0. The lowest BCUT2D eigenvalue weighted by Crippen LogP contribution is -2.18. The lowest BCUT2D eigenvalue weighted by atomic mass is 9.97. The molecule has 3 nitrogen and oxygen atoms in total. The number of hydrogen-bond donors (Lipinski definition) is 1. The summed E-state index contributed by atoms with van der Waals surface area (Å²) in [5.74, 6) is 4.20. The van der Waals surface area contributed by atoms with Crippen LogP contribution >= 0.6 is 11.3 Å². The van der Waals surface area contributed by atoms with E-state index >= 15 is 0 Å². The van der Waals surface area contributed by atoms with Crippen LogP contribution in [0.4, 0.5) is 0 Å². The Bertz CT molecular complexity index is 588. The van der Waals surface area contributed by atoms with Crippen molar-refractivity contribution in [2.75, 3.05) is 0 Å². The van der Waals surface area contributed by atoms with Crippen molar-refractivity contribution in [2.45, 2.75) is 31.8 Å². The predicted molar refractivity (Wildman–Crippen MR) is 74.1 cm³/mol. The van der Waals surface area contributed by atoms with E-state index in [1.807, 2.05) is 11.6 Å². The van der Waals surface area contributed by atoms with E-state index in [1.165, 1.54) is 19.3 Å². The van der Waals surface area contributed by atoms with E-state index in [4.69, 9.17) is 0 Å². The molecular weight excluding hydrogens is 256 g/mol.